The van der Waals surface area contributed by atoms with E-state index >= 15 is 0 Å². The minimum Gasteiger partial charge on any atom is -0.497 e. The number of hydrogen-bond donors (Lipinski definition) is 0. The Morgan fingerprint density at radius 1 is 1.37 bits per heavy atom. The monoisotopic (exact) mass is 264 g/mol. The van der Waals surface area contributed by atoms with Gasteiger partial charge in [-0.3, -0.25) is 4.79 Å². The second kappa shape index (κ2) is 6.57. The summed E-state index contributed by atoms with van der Waals surface area (Å²) in [6, 6.07) is 5.27. The summed E-state index contributed by atoms with van der Waals surface area (Å²) in [4.78, 5) is 12.2. The lowest BCUT2D eigenvalue weighted by Crippen LogP contribution is -2.09. The van der Waals surface area contributed by atoms with E-state index in [1.165, 1.54) is 0 Å². The molecule has 104 valence electrons. The maximum absolute atomic E-state index is 12.2. The van der Waals surface area contributed by atoms with Crippen LogP contribution in [0.25, 0.3) is 0 Å². The van der Waals surface area contributed by atoms with Crippen molar-refractivity contribution in [3.63, 3.8) is 0 Å². The Labute approximate surface area is 113 Å². The highest BCUT2D eigenvalue weighted by molar-refractivity contribution is 5.98. The van der Waals surface area contributed by atoms with Gasteiger partial charge in [0.1, 0.15) is 11.5 Å². The van der Waals surface area contributed by atoms with Crippen LogP contribution in [0.5, 0.6) is 11.5 Å². The van der Waals surface area contributed by atoms with Crippen LogP contribution in [-0.2, 0) is 4.74 Å². The maximum Gasteiger partial charge on any atom is 0.166 e. The van der Waals surface area contributed by atoms with Crippen LogP contribution < -0.4 is 9.47 Å². The third kappa shape index (κ3) is 3.47. The molecule has 0 N–H and O–H groups in total. The van der Waals surface area contributed by atoms with Gasteiger partial charge < -0.3 is 14.2 Å². The first-order chi connectivity index (χ1) is 9.24. The maximum atomic E-state index is 12.2. The molecule has 4 heteroatoms. The fourth-order valence-corrected chi connectivity index (χ4v) is 2.33. The second-order valence-corrected chi connectivity index (χ2v) is 4.66. The van der Waals surface area contributed by atoms with Crippen LogP contribution in [0, 0.1) is 0 Å². The molecule has 0 amide bonds. The first-order valence-corrected chi connectivity index (χ1v) is 6.61. The lowest BCUT2D eigenvalue weighted by Gasteiger charge is -2.11. The minimum absolute atomic E-state index is 0.0926. The highest BCUT2D eigenvalue weighted by Crippen LogP contribution is 2.27. The average Bonchev–Trinajstić information content (AvgIpc) is 2.97. The Balaban J connectivity index is 2.01. The van der Waals surface area contributed by atoms with Crippen molar-refractivity contribution < 1.29 is 19.0 Å². The van der Waals surface area contributed by atoms with Gasteiger partial charge in [0.15, 0.2) is 5.78 Å². The number of ketones is 1. The van der Waals surface area contributed by atoms with Crippen molar-refractivity contribution in [1.29, 1.82) is 0 Å². The van der Waals surface area contributed by atoms with E-state index in [1.54, 1.807) is 32.4 Å². The predicted molar refractivity (Wildman–Crippen MR) is 72.1 cm³/mol. The van der Waals surface area contributed by atoms with Crippen LogP contribution >= 0.6 is 0 Å². The molecule has 19 heavy (non-hydrogen) atoms. The van der Waals surface area contributed by atoms with Crippen molar-refractivity contribution in [3.8, 4) is 11.5 Å². The van der Waals surface area contributed by atoms with Gasteiger partial charge in [-0.05, 0) is 31.4 Å². The third-order valence-electron chi connectivity index (χ3n) is 3.43. The van der Waals surface area contributed by atoms with Crippen LogP contribution in [-0.4, -0.2) is 32.7 Å². The van der Waals surface area contributed by atoms with E-state index in [9.17, 15) is 4.79 Å². The molecule has 1 aromatic carbocycles. The topological polar surface area (TPSA) is 44.8 Å². The van der Waals surface area contributed by atoms with E-state index in [4.69, 9.17) is 14.2 Å². The van der Waals surface area contributed by atoms with Crippen molar-refractivity contribution in [3.05, 3.63) is 23.8 Å². The minimum atomic E-state index is 0.0926. The largest absolute Gasteiger partial charge is 0.497 e. The zero-order chi connectivity index (χ0) is 13.7. The second-order valence-electron chi connectivity index (χ2n) is 4.66. The van der Waals surface area contributed by atoms with Crippen molar-refractivity contribution in [1.82, 2.24) is 0 Å². The van der Waals surface area contributed by atoms with E-state index in [0.717, 1.165) is 25.9 Å². The number of hydrogen-bond acceptors (Lipinski definition) is 4. The highest BCUT2D eigenvalue weighted by Gasteiger charge is 2.19. The molecule has 0 radical (unpaired) electrons. The molecular weight excluding hydrogens is 244 g/mol. The van der Waals surface area contributed by atoms with E-state index in [0.29, 0.717) is 23.5 Å². The number of carbonyl (C=O) groups excluding carboxylic acids is 1. The zero-order valence-corrected chi connectivity index (χ0v) is 11.5. The fourth-order valence-electron chi connectivity index (χ4n) is 2.33. The molecule has 0 bridgehead atoms. The Morgan fingerprint density at radius 3 is 2.84 bits per heavy atom. The molecular formula is C15H20O4. The summed E-state index contributed by atoms with van der Waals surface area (Å²) >= 11 is 0. The number of Topliss-reactive ketones (excluding diaryl/α,β-unsaturated/α-hetero) is 1. The van der Waals surface area contributed by atoms with Gasteiger partial charge in [0.05, 0.1) is 25.9 Å². The normalized spacial score (nSPS) is 18.3. The first-order valence-electron chi connectivity index (χ1n) is 6.61. The molecule has 4 nitrogen and oxygen atoms in total. The lowest BCUT2D eigenvalue weighted by atomic mass is 10.0. The molecule has 1 heterocycles. The lowest BCUT2D eigenvalue weighted by molar-refractivity contribution is 0.0857. The Morgan fingerprint density at radius 2 is 2.21 bits per heavy atom. The van der Waals surface area contributed by atoms with Gasteiger partial charge in [-0.15, -0.1) is 0 Å². The van der Waals surface area contributed by atoms with Crippen molar-refractivity contribution in [2.45, 2.75) is 31.8 Å². The molecule has 0 saturated carbocycles. The van der Waals surface area contributed by atoms with E-state index < -0.39 is 0 Å². The summed E-state index contributed by atoms with van der Waals surface area (Å²) < 4.78 is 15.9. The molecule has 0 spiro atoms. The van der Waals surface area contributed by atoms with Crippen molar-refractivity contribution in [2.75, 3.05) is 20.8 Å². The van der Waals surface area contributed by atoms with Crippen LogP contribution in [0.2, 0.25) is 0 Å². The Bertz CT molecular complexity index is 436. The quantitative estimate of drug-likeness (QED) is 0.741. The molecule has 1 fully saturated rings. The smallest absolute Gasteiger partial charge is 0.166 e. The number of methoxy groups -OCH3 is 2. The van der Waals surface area contributed by atoms with Gasteiger partial charge in [-0.1, -0.05) is 0 Å². The van der Waals surface area contributed by atoms with Crippen LogP contribution in [0.3, 0.4) is 0 Å². The van der Waals surface area contributed by atoms with E-state index in [1.807, 2.05) is 0 Å². The van der Waals surface area contributed by atoms with E-state index in [2.05, 4.69) is 0 Å². The molecule has 1 atom stereocenters. The number of rotatable bonds is 6. The molecule has 1 saturated heterocycles. The van der Waals surface area contributed by atoms with Gasteiger partial charge in [-0.25, -0.2) is 0 Å². The Hall–Kier alpha value is -1.55. The van der Waals surface area contributed by atoms with Crippen LogP contribution in [0.4, 0.5) is 0 Å². The standard InChI is InChI=1S/C15H20O4/c1-17-12-5-7-13(15(10-12)18-2)14(16)8-6-11-4-3-9-19-11/h5,7,10-11H,3-4,6,8-9H2,1-2H3. The molecule has 1 unspecified atom stereocenters. The Kier molecular flexibility index (Phi) is 4.80. The summed E-state index contributed by atoms with van der Waals surface area (Å²) in [6.45, 7) is 0.824. The van der Waals surface area contributed by atoms with Gasteiger partial charge >= 0.3 is 0 Å². The fraction of sp³-hybridized carbons (Fsp3) is 0.533. The summed E-state index contributed by atoms with van der Waals surface area (Å²) in [5.41, 5.74) is 0.612. The summed E-state index contributed by atoms with van der Waals surface area (Å²) in [5.74, 6) is 1.35. The molecule has 1 aliphatic rings. The molecule has 1 aliphatic heterocycles. The van der Waals surface area contributed by atoms with Gasteiger partial charge in [0, 0.05) is 19.1 Å². The SMILES string of the molecule is COc1ccc(C(=O)CCC2CCCO2)c(OC)c1. The highest BCUT2D eigenvalue weighted by atomic mass is 16.5. The predicted octanol–water partition coefficient (Wildman–Crippen LogP) is 2.85. The summed E-state index contributed by atoms with van der Waals surface area (Å²) in [6.07, 6.45) is 3.69. The van der Waals surface area contributed by atoms with Gasteiger partial charge in [0.25, 0.3) is 0 Å². The average molecular weight is 264 g/mol. The molecule has 0 aromatic heterocycles. The molecule has 0 aliphatic carbocycles. The number of carbonyl (C=O) groups is 1. The molecule has 1 aromatic rings. The van der Waals surface area contributed by atoms with Crippen molar-refractivity contribution in [2.24, 2.45) is 0 Å². The van der Waals surface area contributed by atoms with E-state index in [-0.39, 0.29) is 11.9 Å². The number of benzene rings is 1. The zero-order valence-electron chi connectivity index (χ0n) is 11.5. The number of ether oxygens (including phenoxy) is 3. The van der Waals surface area contributed by atoms with Crippen molar-refractivity contribution >= 4 is 5.78 Å². The van der Waals surface area contributed by atoms with Crippen LogP contribution in [0.15, 0.2) is 18.2 Å². The summed E-state index contributed by atoms with van der Waals surface area (Å²) in [5, 5.41) is 0. The van der Waals surface area contributed by atoms with Gasteiger partial charge in [0.2, 0.25) is 0 Å². The van der Waals surface area contributed by atoms with Crippen LogP contribution in [0.1, 0.15) is 36.0 Å². The third-order valence-corrected chi connectivity index (χ3v) is 3.43. The van der Waals surface area contributed by atoms with Gasteiger partial charge in [-0.2, -0.15) is 0 Å². The molecule has 2 rings (SSSR count). The summed E-state index contributed by atoms with van der Waals surface area (Å²) in [7, 11) is 3.15. The first kappa shape index (κ1) is 13.9.